The molecule has 284 valence electrons. The molecule has 0 amide bonds. The number of furan rings is 1. The van der Waals surface area contributed by atoms with E-state index in [0.29, 0.717) is 0 Å². The quantitative estimate of drug-likeness (QED) is 0.175. The highest BCUT2D eigenvalue weighted by Crippen LogP contribution is 2.46. The van der Waals surface area contributed by atoms with E-state index in [1.165, 1.54) is 54.6 Å². The minimum atomic E-state index is 0.879. The lowest BCUT2D eigenvalue weighted by Gasteiger charge is -2.12. The molecule has 0 saturated carbocycles. The number of imidazole rings is 1. The normalized spacial score (nSPS) is 12.3. The summed E-state index contributed by atoms with van der Waals surface area (Å²) in [5.74, 6) is 0. The zero-order valence-electron chi connectivity index (χ0n) is 32.8. The second-order valence-corrected chi connectivity index (χ2v) is 16.1. The largest absolute Gasteiger partial charge is 0.456 e. The van der Waals surface area contributed by atoms with Crippen LogP contribution in [0.15, 0.2) is 211 Å². The van der Waals surface area contributed by atoms with Crippen LogP contribution < -0.4 is 0 Å². The number of hydrogen-bond donors (Lipinski definition) is 0. The first kappa shape index (κ1) is 32.7. The predicted octanol–water partition coefficient (Wildman–Crippen LogP) is 14.8. The third-order valence-corrected chi connectivity index (χ3v) is 12.9. The fourth-order valence-electron chi connectivity index (χ4n) is 10.5. The van der Waals surface area contributed by atoms with E-state index in [-0.39, 0.29) is 0 Å². The van der Waals surface area contributed by atoms with Gasteiger partial charge in [0, 0.05) is 60.3 Å². The van der Waals surface area contributed by atoms with Gasteiger partial charge in [-0.1, -0.05) is 127 Å². The highest BCUT2D eigenvalue weighted by atomic mass is 16.3. The van der Waals surface area contributed by atoms with Crippen molar-refractivity contribution in [2.24, 2.45) is 0 Å². The zero-order valence-corrected chi connectivity index (χ0v) is 32.8. The van der Waals surface area contributed by atoms with Crippen molar-refractivity contribution < 1.29 is 4.42 Å². The fourth-order valence-corrected chi connectivity index (χ4v) is 10.5. The van der Waals surface area contributed by atoms with Gasteiger partial charge in [0.05, 0.1) is 38.6 Å². The molecule has 14 aromatic rings. The van der Waals surface area contributed by atoms with E-state index in [1.807, 2.05) is 0 Å². The molecule has 0 N–H and O–H groups in total. The molecule has 0 aliphatic heterocycles. The molecule has 0 saturated heterocycles. The molecule has 0 spiro atoms. The van der Waals surface area contributed by atoms with Crippen LogP contribution in [-0.4, -0.2) is 18.1 Å². The van der Waals surface area contributed by atoms with Gasteiger partial charge in [-0.25, -0.2) is 0 Å². The Morgan fingerprint density at radius 2 is 0.803 bits per heavy atom. The van der Waals surface area contributed by atoms with Crippen molar-refractivity contribution in [1.82, 2.24) is 18.1 Å². The van der Waals surface area contributed by atoms with E-state index in [1.54, 1.807) is 0 Å². The Bertz CT molecular complexity index is 4010. The molecule has 14 rings (SSSR count). The van der Waals surface area contributed by atoms with E-state index in [4.69, 9.17) is 4.42 Å². The number of para-hydroxylation sites is 6. The smallest absolute Gasteiger partial charge is 0.136 e. The molecule has 5 heteroatoms. The molecule has 5 nitrogen and oxygen atoms in total. The number of aromatic nitrogens is 4. The van der Waals surface area contributed by atoms with Gasteiger partial charge in [0.25, 0.3) is 0 Å². The monoisotopic (exact) mass is 778 g/mol. The Morgan fingerprint density at radius 1 is 0.295 bits per heavy atom. The van der Waals surface area contributed by atoms with Gasteiger partial charge in [0.2, 0.25) is 0 Å². The number of hydrogen-bond acceptors (Lipinski definition) is 1. The molecule has 0 fully saturated rings. The Balaban J connectivity index is 1.18. The third kappa shape index (κ3) is 4.39. The van der Waals surface area contributed by atoms with E-state index in [0.717, 1.165) is 66.8 Å². The summed E-state index contributed by atoms with van der Waals surface area (Å²) in [5, 5.41) is 8.38. The molecule has 0 aliphatic rings. The van der Waals surface area contributed by atoms with Crippen LogP contribution in [0.5, 0.6) is 0 Å². The van der Waals surface area contributed by atoms with Gasteiger partial charge in [0.15, 0.2) is 0 Å². The Morgan fingerprint density at radius 3 is 1.43 bits per heavy atom. The SMILES string of the molecule is c1ccc(-n2c3ccc(-n4c5ccccc5c5ccccc54)cc3n3c4cc(-n5c6ccccc6c6ccccc65)ccc4c(-c4cccc5oc6ccccc6c45)c23)cc1. The summed E-state index contributed by atoms with van der Waals surface area (Å²) < 4.78 is 16.4. The predicted molar refractivity (Wildman–Crippen MR) is 253 cm³/mol. The summed E-state index contributed by atoms with van der Waals surface area (Å²) in [4.78, 5) is 0. The summed E-state index contributed by atoms with van der Waals surface area (Å²) in [7, 11) is 0. The fraction of sp³-hybridized carbons (Fsp3) is 0. The van der Waals surface area contributed by atoms with Crippen molar-refractivity contribution in [1.29, 1.82) is 0 Å². The summed E-state index contributed by atoms with van der Waals surface area (Å²) in [5.41, 5.74) is 16.6. The second kappa shape index (κ2) is 12.1. The van der Waals surface area contributed by atoms with Crippen molar-refractivity contribution in [3.63, 3.8) is 0 Å². The number of nitrogens with zero attached hydrogens (tertiary/aromatic N) is 4. The van der Waals surface area contributed by atoms with Crippen LogP contribution in [0.4, 0.5) is 0 Å². The Kier molecular flexibility index (Phi) is 6.49. The van der Waals surface area contributed by atoms with Gasteiger partial charge in [0.1, 0.15) is 16.8 Å². The average Bonchev–Trinajstić information content (AvgIpc) is 4.11. The second-order valence-electron chi connectivity index (χ2n) is 16.1. The van der Waals surface area contributed by atoms with Crippen LogP contribution in [0.25, 0.3) is 121 Å². The maximum Gasteiger partial charge on any atom is 0.136 e. The van der Waals surface area contributed by atoms with Gasteiger partial charge in [-0.05, 0) is 84.4 Å². The molecule has 5 heterocycles. The number of benzene rings is 9. The van der Waals surface area contributed by atoms with Crippen LogP contribution in [0, 0.1) is 0 Å². The van der Waals surface area contributed by atoms with E-state index in [2.05, 4.69) is 224 Å². The van der Waals surface area contributed by atoms with Crippen molar-refractivity contribution in [2.75, 3.05) is 0 Å². The van der Waals surface area contributed by atoms with Gasteiger partial charge in [-0.2, -0.15) is 0 Å². The molecule has 0 aliphatic carbocycles. The molecule has 9 aromatic carbocycles. The maximum atomic E-state index is 6.55. The van der Waals surface area contributed by atoms with Crippen molar-refractivity contribution in [2.45, 2.75) is 0 Å². The molecule has 0 radical (unpaired) electrons. The van der Waals surface area contributed by atoms with Crippen molar-refractivity contribution in [3.05, 3.63) is 206 Å². The molecular weight excluding hydrogens is 745 g/mol. The summed E-state index contributed by atoms with van der Waals surface area (Å²) in [6.45, 7) is 0. The summed E-state index contributed by atoms with van der Waals surface area (Å²) in [6, 6.07) is 74.8. The van der Waals surface area contributed by atoms with Gasteiger partial charge >= 0.3 is 0 Å². The summed E-state index contributed by atoms with van der Waals surface area (Å²) in [6.07, 6.45) is 0. The standard InChI is InChI=1S/C56H34N4O/c1-2-15-35(16-3-1)59-49-32-30-37(58-47-25-11-6-19-40(47)41-20-7-12-26-48(41)58)34-51(49)60-50-33-36(57-45-23-9-4-17-38(45)39-18-5-10-24-46(39)57)29-31-42(50)55(56(59)60)44-22-14-28-53-54(44)43-21-8-13-27-52(43)61-53/h1-34H. The van der Waals surface area contributed by atoms with Crippen LogP contribution >= 0.6 is 0 Å². The molecule has 0 unspecified atom stereocenters. The van der Waals surface area contributed by atoms with Crippen LogP contribution in [0.3, 0.4) is 0 Å². The molecule has 0 atom stereocenters. The maximum absolute atomic E-state index is 6.55. The Hall–Kier alpha value is -8.28. The first-order valence-electron chi connectivity index (χ1n) is 20.9. The Labute approximate surface area is 348 Å². The third-order valence-electron chi connectivity index (χ3n) is 12.9. The molecule has 5 aromatic heterocycles. The van der Waals surface area contributed by atoms with E-state index >= 15 is 0 Å². The van der Waals surface area contributed by atoms with Crippen LogP contribution in [0.2, 0.25) is 0 Å². The van der Waals surface area contributed by atoms with Crippen LogP contribution in [-0.2, 0) is 0 Å². The lowest BCUT2D eigenvalue weighted by atomic mass is 9.98. The zero-order chi connectivity index (χ0) is 39.8. The van der Waals surface area contributed by atoms with Gasteiger partial charge in [-0.3, -0.25) is 8.97 Å². The first-order chi connectivity index (χ1) is 30.3. The molecule has 61 heavy (non-hydrogen) atoms. The lowest BCUT2D eigenvalue weighted by Crippen LogP contribution is -1.96. The highest BCUT2D eigenvalue weighted by Gasteiger charge is 2.26. The molecular formula is C56H34N4O. The van der Waals surface area contributed by atoms with Gasteiger partial charge < -0.3 is 13.6 Å². The first-order valence-corrected chi connectivity index (χ1v) is 20.9. The average molecular weight is 779 g/mol. The lowest BCUT2D eigenvalue weighted by molar-refractivity contribution is 0.669. The minimum Gasteiger partial charge on any atom is -0.456 e. The highest BCUT2D eigenvalue weighted by molar-refractivity contribution is 6.20. The van der Waals surface area contributed by atoms with Crippen molar-refractivity contribution in [3.8, 4) is 28.2 Å². The van der Waals surface area contributed by atoms with E-state index < -0.39 is 0 Å². The van der Waals surface area contributed by atoms with Gasteiger partial charge in [-0.15, -0.1) is 0 Å². The van der Waals surface area contributed by atoms with Crippen LogP contribution in [0.1, 0.15) is 0 Å². The van der Waals surface area contributed by atoms with E-state index in [9.17, 15) is 0 Å². The number of rotatable bonds is 4. The minimum absolute atomic E-state index is 0.879. The topological polar surface area (TPSA) is 32.3 Å². The summed E-state index contributed by atoms with van der Waals surface area (Å²) >= 11 is 0. The number of fused-ring (bicyclic) bond motifs is 14. The molecule has 0 bridgehead atoms. The van der Waals surface area contributed by atoms with Crippen molar-refractivity contribution >= 4 is 93.1 Å².